The van der Waals surface area contributed by atoms with E-state index in [0.29, 0.717) is 18.5 Å². The van der Waals surface area contributed by atoms with Crippen molar-refractivity contribution < 1.29 is 19.5 Å². The van der Waals surface area contributed by atoms with Crippen LogP contribution in [0.1, 0.15) is 40.5 Å². The van der Waals surface area contributed by atoms with Gasteiger partial charge < -0.3 is 21.1 Å². The number of rotatable bonds is 8. The summed E-state index contributed by atoms with van der Waals surface area (Å²) < 4.78 is 0.882. The van der Waals surface area contributed by atoms with Crippen LogP contribution in [0.15, 0.2) is 28.7 Å². The number of aliphatic carboxylic acids is 1. The highest BCUT2D eigenvalue weighted by Crippen LogP contribution is 2.17. The van der Waals surface area contributed by atoms with E-state index in [2.05, 4.69) is 31.9 Å². The molecule has 0 unspecified atom stereocenters. The molecule has 8 heteroatoms. The maximum absolute atomic E-state index is 12.7. The van der Waals surface area contributed by atoms with Crippen LogP contribution in [-0.2, 0) is 9.59 Å². The maximum Gasteiger partial charge on any atom is 0.326 e. The molecule has 0 aliphatic heterocycles. The van der Waals surface area contributed by atoms with E-state index >= 15 is 0 Å². The lowest BCUT2D eigenvalue weighted by Crippen LogP contribution is -2.60. The zero-order valence-corrected chi connectivity index (χ0v) is 17.0. The van der Waals surface area contributed by atoms with Crippen molar-refractivity contribution in [3.05, 3.63) is 28.7 Å². The van der Waals surface area contributed by atoms with E-state index in [9.17, 15) is 19.5 Å². The van der Waals surface area contributed by atoms with Gasteiger partial charge in [0.1, 0.15) is 11.6 Å². The maximum atomic E-state index is 12.7. The highest BCUT2D eigenvalue weighted by Gasteiger charge is 2.37. The van der Waals surface area contributed by atoms with Crippen LogP contribution in [0.25, 0.3) is 0 Å². The van der Waals surface area contributed by atoms with Gasteiger partial charge in [-0.2, -0.15) is 0 Å². The smallest absolute Gasteiger partial charge is 0.326 e. The van der Waals surface area contributed by atoms with E-state index in [1.165, 1.54) is 0 Å². The fourth-order valence-corrected chi connectivity index (χ4v) is 2.76. The van der Waals surface area contributed by atoms with E-state index in [1.54, 1.807) is 45.0 Å². The Hall–Kier alpha value is -2.09. The van der Waals surface area contributed by atoms with Gasteiger partial charge in [-0.15, -0.1) is 0 Å². The molecule has 0 aromatic heterocycles. The van der Waals surface area contributed by atoms with E-state index in [-0.39, 0.29) is 5.92 Å². The van der Waals surface area contributed by atoms with E-state index in [1.807, 2.05) is 6.92 Å². The molecule has 0 spiro atoms. The van der Waals surface area contributed by atoms with Gasteiger partial charge in [0.2, 0.25) is 5.91 Å². The van der Waals surface area contributed by atoms with Gasteiger partial charge in [-0.3, -0.25) is 4.79 Å². The predicted molar refractivity (Wildman–Crippen MR) is 104 cm³/mol. The van der Waals surface area contributed by atoms with Crippen LogP contribution in [0.5, 0.6) is 0 Å². The quantitative estimate of drug-likeness (QED) is 0.509. The Morgan fingerprint density at radius 2 is 1.77 bits per heavy atom. The Labute approximate surface area is 162 Å². The normalized spacial score (nSPS) is 14.2. The summed E-state index contributed by atoms with van der Waals surface area (Å²) in [6.45, 7) is 6.90. The van der Waals surface area contributed by atoms with Crippen LogP contribution in [0.2, 0.25) is 0 Å². The number of anilines is 1. The van der Waals surface area contributed by atoms with Crippen LogP contribution >= 0.6 is 15.9 Å². The summed E-state index contributed by atoms with van der Waals surface area (Å²) in [6, 6.07) is 5.46. The molecule has 4 N–H and O–H groups in total. The summed E-state index contributed by atoms with van der Waals surface area (Å²) in [6.07, 6.45) is 1.01. The number of carboxylic acid groups (broad SMARTS) is 1. The van der Waals surface area contributed by atoms with Crippen molar-refractivity contribution in [2.45, 2.75) is 52.1 Å². The molecule has 1 aromatic carbocycles. The largest absolute Gasteiger partial charge is 0.480 e. The number of halogens is 1. The topological polar surface area (TPSA) is 108 Å². The minimum absolute atomic E-state index is 0.279. The number of carboxylic acids is 1. The second-order valence-electron chi connectivity index (χ2n) is 6.70. The van der Waals surface area contributed by atoms with Crippen LogP contribution in [0.4, 0.5) is 10.5 Å². The van der Waals surface area contributed by atoms with Gasteiger partial charge in [0.15, 0.2) is 0 Å². The first kappa shape index (κ1) is 22.0. The molecule has 0 aliphatic rings. The lowest BCUT2D eigenvalue weighted by atomic mass is 9.93. The van der Waals surface area contributed by atoms with Gasteiger partial charge >= 0.3 is 12.0 Å². The second kappa shape index (κ2) is 9.56. The van der Waals surface area contributed by atoms with Crippen LogP contribution in [0, 0.1) is 5.92 Å². The molecule has 0 radical (unpaired) electrons. The third-order valence-corrected chi connectivity index (χ3v) is 4.49. The third-order valence-electron chi connectivity index (χ3n) is 3.96. The SMILES string of the molecule is CCC[C@](C)(NC(=O)Nc1ccc(Br)cc1)C(=O)N[C@H](C(=O)O)C(C)C. The summed E-state index contributed by atoms with van der Waals surface area (Å²) in [5.41, 5.74) is -0.646. The highest BCUT2D eigenvalue weighted by molar-refractivity contribution is 9.10. The molecular formula is C18H26BrN3O4. The van der Waals surface area contributed by atoms with Gasteiger partial charge in [0, 0.05) is 10.2 Å². The van der Waals surface area contributed by atoms with Crippen LogP contribution in [0.3, 0.4) is 0 Å². The van der Waals surface area contributed by atoms with Crippen LogP contribution < -0.4 is 16.0 Å². The summed E-state index contributed by atoms with van der Waals surface area (Å²) in [5, 5.41) is 17.1. The molecule has 1 rings (SSSR count). The number of carbonyl (C=O) groups excluding carboxylic acids is 2. The van der Waals surface area contributed by atoms with Crippen molar-refractivity contribution in [2.75, 3.05) is 5.32 Å². The molecule has 3 amide bonds. The van der Waals surface area contributed by atoms with Crippen molar-refractivity contribution in [2.24, 2.45) is 5.92 Å². The van der Waals surface area contributed by atoms with E-state index < -0.39 is 29.5 Å². The Morgan fingerprint density at radius 1 is 1.19 bits per heavy atom. The molecule has 1 aromatic rings. The number of hydrogen-bond donors (Lipinski definition) is 4. The molecule has 0 bridgehead atoms. The molecule has 2 atom stereocenters. The molecule has 0 fully saturated rings. The van der Waals surface area contributed by atoms with Gasteiger partial charge in [-0.25, -0.2) is 9.59 Å². The Kier molecular flexibility index (Phi) is 8.08. The Morgan fingerprint density at radius 3 is 2.23 bits per heavy atom. The van der Waals surface area contributed by atoms with E-state index in [4.69, 9.17) is 0 Å². The van der Waals surface area contributed by atoms with Crippen molar-refractivity contribution >= 4 is 39.5 Å². The first-order chi connectivity index (χ1) is 12.1. The zero-order valence-electron chi connectivity index (χ0n) is 15.4. The number of amides is 3. The molecule has 0 aliphatic carbocycles. The minimum atomic E-state index is -1.23. The minimum Gasteiger partial charge on any atom is -0.480 e. The summed E-state index contributed by atoms with van der Waals surface area (Å²) in [5.74, 6) is -1.91. The first-order valence-corrected chi connectivity index (χ1v) is 9.27. The Bertz CT molecular complexity index is 648. The van der Waals surface area contributed by atoms with Crippen molar-refractivity contribution in [3.63, 3.8) is 0 Å². The van der Waals surface area contributed by atoms with Crippen LogP contribution in [-0.4, -0.2) is 34.6 Å². The van der Waals surface area contributed by atoms with Crippen molar-refractivity contribution in [3.8, 4) is 0 Å². The molecule has 144 valence electrons. The van der Waals surface area contributed by atoms with Gasteiger partial charge in [-0.05, 0) is 43.5 Å². The standard InChI is InChI=1S/C18H26BrN3O4/c1-5-10-18(4,16(25)21-14(11(2)3)15(23)24)22-17(26)20-13-8-6-12(19)7-9-13/h6-9,11,14H,5,10H2,1-4H3,(H,21,25)(H,23,24)(H2,20,22,26)/t14-,18-/m0/s1. The fourth-order valence-electron chi connectivity index (χ4n) is 2.49. The highest BCUT2D eigenvalue weighted by atomic mass is 79.9. The Balaban J connectivity index is 2.86. The number of hydrogen-bond acceptors (Lipinski definition) is 3. The van der Waals surface area contributed by atoms with Crippen molar-refractivity contribution in [1.29, 1.82) is 0 Å². The number of benzene rings is 1. The lowest BCUT2D eigenvalue weighted by Gasteiger charge is -2.31. The summed E-state index contributed by atoms with van der Waals surface area (Å²) in [7, 11) is 0. The molecule has 7 nitrogen and oxygen atoms in total. The zero-order chi connectivity index (χ0) is 19.9. The van der Waals surface area contributed by atoms with Gasteiger partial charge in [0.05, 0.1) is 0 Å². The van der Waals surface area contributed by atoms with Crippen molar-refractivity contribution in [1.82, 2.24) is 10.6 Å². The number of urea groups is 1. The average molecular weight is 428 g/mol. The van der Waals surface area contributed by atoms with E-state index in [0.717, 1.165) is 4.47 Å². The van der Waals surface area contributed by atoms with Gasteiger partial charge in [0.25, 0.3) is 0 Å². The second-order valence-corrected chi connectivity index (χ2v) is 7.62. The fraction of sp³-hybridized carbons (Fsp3) is 0.500. The molecule has 26 heavy (non-hydrogen) atoms. The molecule has 0 saturated heterocycles. The lowest BCUT2D eigenvalue weighted by molar-refractivity contribution is -0.144. The summed E-state index contributed by atoms with van der Waals surface area (Å²) >= 11 is 3.32. The molecular weight excluding hydrogens is 402 g/mol. The average Bonchev–Trinajstić information content (AvgIpc) is 2.53. The summed E-state index contributed by atoms with van der Waals surface area (Å²) in [4.78, 5) is 36.3. The monoisotopic (exact) mass is 427 g/mol. The molecule has 0 heterocycles. The van der Waals surface area contributed by atoms with Gasteiger partial charge in [-0.1, -0.05) is 43.1 Å². The number of nitrogens with one attached hydrogen (secondary N) is 3. The number of carbonyl (C=O) groups is 3. The third kappa shape index (κ3) is 6.33. The molecule has 0 saturated carbocycles. The predicted octanol–water partition coefficient (Wildman–Crippen LogP) is 3.35. The first-order valence-electron chi connectivity index (χ1n) is 8.47.